The Morgan fingerprint density at radius 3 is 2.68 bits per heavy atom. The third-order valence-electron chi connectivity index (χ3n) is 7.39. The fraction of sp³-hybridized carbons (Fsp3) is 0.762. The van der Waals surface area contributed by atoms with E-state index in [4.69, 9.17) is 0 Å². The van der Waals surface area contributed by atoms with Gasteiger partial charge in [-0.15, -0.1) is 0 Å². The van der Waals surface area contributed by atoms with Crippen LogP contribution in [0.2, 0.25) is 0 Å². The van der Waals surface area contributed by atoms with E-state index in [-0.39, 0.29) is 41.6 Å². The van der Waals surface area contributed by atoms with Gasteiger partial charge in [0.2, 0.25) is 0 Å². The zero-order valence-electron chi connectivity index (χ0n) is 19.5. The van der Waals surface area contributed by atoms with E-state index >= 15 is 0 Å². The van der Waals surface area contributed by atoms with Crippen LogP contribution in [0.5, 0.6) is 0 Å². The van der Waals surface area contributed by atoms with Crippen molar-refractivity contribution >= 4 is 11.8 Å². The van der Waals surface area contributed by atoms with Gasteiger partial charge in [-0.3, -0.25) is 10.3 Å². The highest BCUT2D eigenvalue weighted by molar-refractivity contribution is 5.77. The molecular formula is C21H35FN8O. The fourth-order valence-electron chi connectivity index (χ4n) is 5.13. The van der Waals surface area contributed by atoms with Gasteiger partial charge < -0.3 is 15.1 Å². The van der Waals surface area contributed by atoms with Gasteiger partial charge in [0, 0.05) is 37.1 Å². The number of likely N-dealkylation sites (tertiary alicyclic amines) is 1. The molecule has 3 unspecified atom stereocenters. The van der Waals surface area contributed by atoms with Crippen LogP contribution in [0.4, 0.5) is 15.0 Å². The second-order valence-corrected chi connectivity index (χ2v) is 10.4. The van der Waals surface area contributed by atoms with Crippen LogP contribution >= 0.6 is 0 Å². The first kappa shape index (κ1) is 22.2. The highest BCUT2D eigenvalue weighted by atomic mass is 19.1. The second-order valence-electron chi connectivity index (χ2n) is 10.4. The van der Waals surface area contributed by atoms with Crippen molar-refractivity contribution in [3.8, 4) is 0 Å². The second kappa shape index (κ2) is 7.53. The Bertz CT molecular complexity index is 862. The number of aromatic nitrogens is 2. The lowest BCUT2D eigenvalue weighted by atomic mass is 9.90. The van der Waals surface area contributed by atoms with E-state index < -0.39 is 11.4 Å². The summed E-state index contributed by atoms with van der Waals surface area (Å²) in [7, 11) is 2.11. The molecule has 1 aromatic rings. The van der Waals surface area contributed by atoms with Gasteiger partial charge in [0.1, 0.15) is 5.82 Å². The zero-order chi connectivity index (χ0) is 22.7. The summed E-state index contributed by atoms with van der Waals surface area (Å²) in [4.78, 5) is 28.1. The standard InChI is InChI=1S/C21H35FN8O/c1-12-9-28(7)20(3,4)11-29(12)19(31)30-10-14-16(21(30,5)6)26-27-17(14)25-18-15(22)8-23-13(2)24-18/h8,12,14,16-17,26-27H,9-11H2,1-7H3,(H,23,24,25)/t12-,14?,16?,17?/m0/s1. The molecule has 0 radical (unpaired) electrons. The summed E-state index contributed by atoms with van der Waals surface area (Å²) < 4.78 is 14.2. The van der Waals surface area contributed by atoms with Crippen LogP contribution in [0, 0.1) is 18.7 Å². The number of rotatable bonds is 2. The first-order chi connectivity index (χ1) is 14.4. The minimum absolute atomic E-state index is 0.0238. The van der Waals surface area contributed by atoms with Crippen molar-refractivity contribution in [1.82, 2.24) is 35.5 Å². The first-order valence-corrected chi connectivity index (χ1v) is 11.0. The van der Waals surface area contributed by atoms with E-state index in [1.807, 2.05) is 9.80 Å². The Balaban J connectivity index is 1.53. The summed E-state index contributed by atoms with van der Waals surface area (Å²) >= 11 is 0. The summed E-state index contributed by atoms with van der Waals surface area (Å²) in [6.45, 7) is 14.5. The molecule has 0 aromatic carbocycles. The third kappa shape index (κ3) is 3.74. The molecule has 4 heterocycles. The minimum atomic E-state index is -0.491. The van der Waals surface area contributed by atoms with E-state index in [1.165, 1.54) is 6.20 Å². The quantitative estimate of drug-likeness (QED) is 0.648. The molecule has 3 N–H and O–H groups in total. The lowest BCUT2D eigenvalue weighted by molar-refractivity contribution is 0.00957. The number of hydrogen-bond donors (Lipinski definition) is 3. The molecule has 172 valence electrons. The Morgan fingerprint density at radius 1 is 1.26 bits per heavy atom. The van der Waals surface area contributed by atoms with Gasteiger partial charge in [-0.25, -0.2) is 24.6 Å². The summed E-state index contributed by atoms with van der Waals surface area (Å²) in [6, 6.07) is 0.230. The number of urea groups is 1. The zero-order valence-corrected chi connectivity index (χ0v) is 19.5. The van der Waals surface area contributed by atoms with E-state index in [0.29, 0.717) is 18.9 Å². The highest BCUT2D eigenvalue weighted by Crippen LogP contribution is 2.39. The van der Waals surface area contributed by atoms with Gasteiger partial charge in [0.25, 0.3) is 0 Å². The maximum Gasteiger partial charge on any atom is 0.320 e. The predicted octanol–water partition coefficient (Wildman–Crippen LogP) is 1.38. The minimum Gasteiger partial charge on any atom is -0.351 e. The van der Waals surface area contributed by atoms with E-state index in [1.54, 1.807) is 6.92 Å². The third-order valence-corrected chi connectivity index (χ3v) is 7.39. The van der Waals surface area contributed by atoms with E-state index in [0.717, 1.165) is 6.54 Å². The lowest BCUT2D eigenvalue weighted by Crippen LogP contribution is -2.66. The summed E-state index contributed by atoms with van der Waals surface area (Å²) in [6.07, 6.45) is 0.919. The SMILES string of the molecule is Cc1ncc(F)c(NC2NNC3C2CN(C(=O)N2CC(C)(C)N(C)C[C@@H]2C)C3(C)C)n1. The number of fused-ring (bicyclic) bond motifs is 1. The molecule has 3 fully saturated rings. The average molecular weight is 435 g/mol. The maximum atomic E-state index is 14.2. The molecule has 10 heteroatoms. The monoisotopic (exact) mass is 434 g/mol. The highest BCUT2D eigenvalue weighted by Gasteiger charge is 2.56. The number of aryl methyl sites for hydroxylation is 1. The van der Waals surface area contributed by atoms with Gasteiger partial charge in [-0.05, 0) is 48.6 Å². The topological polar surface area (TPSA) is 88.7 Å². The van der Waals surface area contributed by atoms with Crippen molar-refractivity contribution in [3.63, 3.8) is 0 Å². The van der Waals surface area contributed by atoms with Crippen LogP contribution in [0.3, 0.4) is 0 Å². The summed E-state index contributed by atoms with van der Waals surface area (Å²) in [5.74, 6) is 0.241. The normalized spacial score (nSPS) is 32.3. The molecule has 1 aromatic heterocycles. The number of piperazine rings is 1. The number of carbonyl (C=O) groups is 1. The Labute approximate surface area is 183 Å². The van der Waals surface area contributed by atoms with Crippen molar-refractivity contribution in [2.75, 3.05) is 32.0 Å². The number of amides is 2. The van der Waals surface area contributed by atoms with Gasteiger partial charge in [0.05, 0.1) is 23.9 Å². The van der Waals surface area contributed by atoms with Crippen molar-refractivity contribution in [1.29, 1.82) is 0 Å². The largest absolute Gasteiger partial charge is 0.351 e. The van der Waals surface area contributed by atoms with Crippen LogP contribution in [0.15, 0.2) is 6.20 Å². The van der Waals surface area contributed by atoms with E-state index in [9.17, 15) is 9.18 Å². The Hall–Kier alpha value is -2.04. The van der Waals surface area contributed by atoms with Crippen molar-refractivity contribution in [2.45, 2.75) is 70.9 Å². The molecule has 31 heavy (non-hydrogen) atoms. The van der Waals surface area contributed by atoms with Crippen LogP contribution in [0.1, 0.15) is 40.4 Å². The maximum absolute atomic E-state index is 14.2. The predicted molar refractivity (Wildman–Crippen MR) is 117 cm³/mol. The molecule has 0 saturated carbocycles. The molecule has 3 aliphatic rings. The number of anilines is 1. The number of nitrogens with one attached hydrogen (secondary N) is 3. The van der Waals surface area contributed by atoms with E-state index in [2.05, 4.69) is 72.7 Å². The Morgan fingerprint density at radius 2 is 1.97 bits per heavy atom. The van der Waals surface area contributed by atoms with Gasteiger partial charge >= 0.3 is 6.03 Å². The lowest BCUT2D eigenvalue weighted by Gasteiger charge is -2.50. The van der Waals surface area contributed by atoms with Gasteiger partial charge in [0.15, 0.2) is 11.6 Å². The van der Waals surface area contributed by atoms with Gasteiger partial charge in [-0.2, -0.15) is 0 Å². The van der Waals surface area contributed by atoms with Crippen LogP contribution < -0.4 is 16.2 Å². The molecule has 0 bridgehead atoms. The molecule has 3 saturated heterocycles. The number of hydrazine groups is 1. The summed E-state index contributed by atoms with van der Waals surface area (Å²) in [5, 5.41) is 3.17. The molecular weight excluding hydrogens is 399 g/mol. The molecule has 0 aliphatic carbocycles. The molecule has 9 nitrogen and oxygen atoms in total. The van der Waals surface area contributed by atoms with Crippen LogP contribution in [-0.4, -0.2) is 86.7 Å². The number of hydrogen-bond acceptors (Lipinski definition) is 7. The number of nitrogens with zero attached hydrogens (tertiary/aromatic N) is 5. The van der Waals surface area contributed by atoms with Gasteiger partial charge in [-0.1, -0.05) is 0 Å². The molecule has 3 aliphatic heterocycles. The van der Waals surface area contributed by atoms with Crippen molar-refractivity contribution in [2.24, 2.45) is 5.92 Å². The van der Waals surface area contributed by atoms with Crippen LogP contribution in [0.25, 0.3) is 0 Å². The molecule has 4 rings (SSSR count). The molecule has 0 spiro atoms. The number of carbonyl (C=O) groups excluding carboxylic acids is 1. The summed E-state index contributed by atoms with van der Waals surface area (Å²) in [5.41, 5.74) is 6.09. The molecule has 4 atom stereocenters. The van der Waals surface area contributed by atoms with Crippen molar-refractivity contribution in [3.05, 3.63) is 17.8 Å². The average Bonchev–Trinajstić information content (AvgIpc) is 3.19. The van der Waals surface area contributed by atoms with Crippen molar-refractivity contribution < 1.29 is 9.18 Å². The fourth-order valence-corrected chi connectivity index (χ4v) is 5.13. The van der Waals surface area contributed by atoms with Crippen LogP contribution in [-0.2, 0) is 0 Å². The number of likely N-dealkylation sites (N-methyl/N-ethyl adjacent to an activating group) is 1. The smallest absolute Gasteiger partial charge is 0.320 e. The number of halogens is 1. The first-order valence-electron chi connectivity index (χ1n) is 11.0. The Kier molecular flexibility index (Phi) is 5.38. The molecule has 2 amide bonds.